The maximum absolute atomic E-state index is 3.54. The van der Waals surface area contributed by atoms with Crippen LogP contribution in [0.4, 0.5) is 39.8 Å². The van der Waals surface area contributed by atoms with E-state index in [0.29, 0.717) is 11.3 Å². The molecule has 6 aromatic carbocycles. The maximum Gasteiger partial charge on any atom is 0.252 e. The highest BCUT2D eigenvalue weighted by molar-refractivity contribution is 8.00. The quantitative estimate of drug-likeness (QED) is 0.161. The fourth-order valence-corrected chi connectivity index (χ4v) is 14.6. The number of thioether (sulfide) groups is 1. The van der Waals surface area contributed by atoms with Crippen molar-refractivity contribution in [3.8, 4) is 11.1 Å². The molecule has 2 aliphatic carbocycles. The standard InChI is InChI=1S/C53H44BN3S2/c1-52(2)29-13-21-42-51(52)59-47-24-12-17-38-50(47)57(42)44-31-33(30-43-48(44)54(38)37-16-11-23-46-49(37)56(43)41-20-9-10-22-45(41)58-46)32-25-27-34(28-26-32)55-39-18-7-5-14-35(39)53(3,4)36-15-6-8-19-40(36)55/h8-12,14,16-20,22-28,30-31,42,51H,5,7,13,21,29H2,1-4H3. The minimum atomic E-state index is -0.125. The third-order valence-electron chi connectivity index (χ3n) is 14.6. The Morgan fingerprint density at radius 3 is 2.32 bits per heavy atom. The summed E-state index contributed by atoms with van der Waals surface area (Å²) < 4.78 is 0. The Kier molecular flexibility index (Phi) is 7.15. The molecular formula is C53H44BN3S2. The largest absolute Gasteiger partial charge is 0.337 e. The second-order valence-corrected chi connectivity index (χ2v) is 20.9. The molecular weight excluding hydrogens is 754 g/mol. The highest BCUT2D eigenvalue weighted by atomic mass is 32.2. The van der Waals surface area contributed by atoms with Gasteiger partial charge in [0.1, 0.15) is 0 Å². The zero-order valence-corrected chi connectivity index (χ0v) is 35.6. The molecule has 0 bridgehead atoms. The van der Waals surface area contributed by atoms with Gasteiger partial charge in [-0.25, -0.2) is 0 Å². The third kappa shape index (κ3) is 4.67. The zero-order valence-electron chi connectivity index (χ0n) is 34.0. The van der Waals surface area contributed by atoms with E-state index in [2.05, 4.69) is 182 Å². The first-order valence-corrected chi connectivity index (χ1v) is 23.2. The number of benzene rings is 5. The summed E-state index contributed by atoms with van der Waals surface area (Å²) in [7, 11) is 0. The van der Waals surface area contributed by atoms with Gasteiger partial charge in [0.15, 0.2) is 0 Å². The minimum absolute atomic E-state index is 0.125. The number of nitrogens with zero attached hydrogens (tertiary/aromatic N) is 3. The second-order valence-electron chi connectivity index (χ2n) is 18.7. The van der Waals surface area contributed by atoms with Crippen LogP contribution < -0.4 is 31.1 Å². The summed E-state index contributed by atoms with van der Waals surface area (Å²) in [6.07, 6.45) is 10.8. The van der Waals surface area contributed by atoms with Crippen LogP contribution in [0.15, 0.2) is 147 Å². The van der Waals surface area contributed by atoms with Gasteiger partial charge in [0.05, 0.1) is 22.7 Å². The van der Waals surface area contributed by atoms with Crippen LogP contribution in [0.1, 0.15) is 65.4 Å². The van der Waals surface area contributed by atoms with Crippen molar-refractivity contribution in [3.05, 3.63) is 150 Å². The Morgan fingerprint density at radius 1 is 0.695 bits per heavy atom. The van der Waals surface area contributed by atoms with Crippen LogP contribution in [0.25, 0.3) is 11.1 Å². The predicted molar refractivity (Wildman–Crippen MR) is 250 cm³/mol. The smallest absolute Gasteiger partial charge is 0.252 e. The van der Waals surface area contributed by atoms with Gasteiger partial charge in [-0.1, -0.05) is 119 Å². The highest BCUT2D eigenvalue weighted by Gasteiger charge is 2.52. The number of para-hydroxylation sites is 3. The summed E-state index contributed by atoms with van der Waals surface area (Å²) in [5.74, 6) is 0. The van der Waals surface area contributed by atoms with Crippen molar-refractivity contribution in [2.45, 2.75) is 91.2 Å². The van der Waals surface area contributed by atoms with Crippen LogP contribution in [0.2, 0.25) is 0 Å². The predicted octanol–water partition coefficient (Wildman–Crippen LogP) is 12.3. The van der Waals surface area contributed by atoms with Crippen molar-refractivity contribution in [3.63, 3.8) is 0 Å². The van der Waals surface area contributed by atoms with Gasteiger partial charge in [0.25, 0.3) is 6.71 Å². The van der Waals surface area contributed by atoms with E-state index >= 15 is 0 Å². The van der Waals surface area contributed by atoms with E-state index in [9.17, 15) is 0 Å². The number of hydrogen-bond donors (Lipinski definition) is 0. The number of anilines is 7. The van der Waals surface area contributed by atoms with Crippen LogP contribution in [0.5, 0.6) is 0 Å². The monoisotopic (exact) mass is 797 g/mol. The lowest BCUT2D eigenvalue weighted by molar-refractivity contribution is 0.230. The van der Waals surface area contributed by atoms with Crippen molar-refractivity contribution >= 4 is 86.4 Å². The molecule has 0 saturated heterocycles. The molecule has 5 heterocycles. The molecule has 5 aliphatic heterocycles. The molecule has 59 heavy (non-hydrogen) atoms. The Balaban J connectivity index is 1.04. The van der Waals surface area contributed by atoms with Crippen LogP contribution in [-0.4, -0.2) is 18.0 Å². The Bertz CT molecular complexity index is 2870. The van der Waals surface area contributed by atoms with E-state index in [-0.39, 0.29) is 17.5 Å². The summed E-state index contributed by atoms with van der Waals surface area (Å²) in [5.41, 5.74) is 20.1. The van der Waals surface area contributed by atoms with Gasteiger partial charge in [-0.05, 0) is 125 Å². The van der Waals surface area contributed by atoms with Crippen molar-refractivity contribution in [2.24, 2.45) is 5.41 Å². The molecule has 13 rings (SSSR count). The first-order valence-electron chi connectivity index (χ1n) is 21.5. The third-order valence-corrected chi connectivity index (χ3v) is 17.5. The lowest BCUT2D eigenvalue weighted by atomic mass is 9.33. The summed E-state index contributed by atoms with van der Waals surface area (Å²) in [5, 5.41) is 0.518. The normalized spacial score (nSPS) is 21.6. The average Bonchev–Trinajstić information content (AvgIpc) is 3.26. The van der Waals surface area contributed by atoms with Gasteiger partial charge < -0.3 is 14.7 Å². The zero-order chi connectivity index (χ0) is 39.4. The van der Waals surface area contributed by atoms with Crippen LogP contribution in [0, 0.1) is 17.5 Å². The van der Waals surface area contributed by atoms with E-state index in [1.165, 1.54) is 118 Å². The molecule has 1 fully saturated rings. The lowest BCUT2D eigenvalue weighted by Crippen LogP contribution is -2.65. The molecule has 3 nitrogen and oxygen atoms in total. The molecule has 0 radical (unpaired) electrons. The molecule has 1 saturated carbocycles. The second kappa shape index (κ2) is 12.2. The van der Waals surface area contributed by atoms with Gasteiger partial charge in [-0.15, -0.1) is 11.8 Å². The fraction of sp³-hybridized carbons (Fsp3) is 0.245. The number of allylic oxidation sites excluding steroid dienone is 3. The Morgan fingerprint density at radius 2 is 1.46 bits per heavy atom. The first kappa shape index (κ1) is 34.6. The summed E-state index contributed by atoms with van der Waals surface area (Å²) in [6, 6.07) is 49.3. The van der Waals surface area contributed by atoms with E-state index < -0.39 is 0 Å². The fourth-order valence-electron chi connectivity index (χ4n) is 11.9. The van der Waals surface area contributed by atoms with Gasteiger partial charge in [0.2, 0.25) is 0 Å². The van der Waals surface area contributed by atoms with E-state index in [0.717, 1.165) is 12.8 Å². The van der Waals surface area contributed by atoms with E-state index in [1.54, 1.807) is 0 Å². The minimum Gasteiger partial charge on any atom is -0.337 e. The molecule has 7 aliphatic rings. The van der Waals surface area contributed by atoms with Crippen molar-refractivity contribution in [1.29, 1.82) is 0 Å². The van der Waals surface area contributed by atoms with Gasteiger partial charge >= 0.3 is 0 Å². The topological polar surface area (TPSA) is 9.72 Å². The maximum atomic E-state index is 3.54. The lowest BCUT2D eigenvalue weighted by Gasteiger charge is -2.55. The molecule has 0 aromatic heterocycles. The molecule has 2 unspecified atom stereocenters. The number of hydrogen-bond acceptors (Lipinski definition) is 5. The van der Waals surface area contributed by atoms with E-state index in [1.807, 2.05) is 17.8 Å². The Labute approximate surface area is 357 Å². The van der Waals surface area contributed by atoms with Crippen LogP contribution in [-0.2, 0) is 5.41 Å². The summed E-state index contributed by atoms with van der Waals surface area (Å²) >= 11 is 4.08. The van der Waals surface area contributed by atoms with Crippen molar-refractivity contribution in [2.75, 3.05) is 14.7 Å². The van der Waals surface area contributed by atoms with Crippen molar-refractivity contribution < 1.29 is 0 Å². The van der Waals surface area contributed by atoms with Gasteiger partial charge in [0, 0.05) is 59.7 Å². The SMILES string of the molecule is CC1(C)C2=CCCC=C2N(c2ccc(-c3cc4c5c(c3)N3c6c(cccc6B5c5cccc6c5N4c4ccccc4S6)SC4C3CCCC4(C)C)cc2)c2ccc#cc21. The highest BCUT2D eigenvalue weighted by Crippen LogP contribution is 2.59. The van der Waals surface area contributed by atoms with Gasteiger partial charge in [-0.2, -0.15) is 0 Å². The van der Waals surface area contributed by atoms with Crippen LogP contribution >= 0.6 is 23.5 Å². The molecule has 6 aromatic rings. The number of rotatable bonds is 2. The summed E-state index contributed by atoms with van der Waals surface area (Å²) in [6.45, 7) is 9.89. The van der Waals surface area contributed by atoms with E-state index in [4.69, 9.17) is 0 Å². The van der Waals surface area contributed by atoms with Gasteiger partial charge in [-0.3, -0.25) is 0 Å². The molecule has 0 spiro atoms. The molecule has 0 amide bonds. The van der Waals surface area contributed by atoms with Crippen molar-refractivity contribution in [1.82, 2.24) is 0 Å². The average molecular weight is 798 g/mol. The van der Waals surface area contributed by atoms with Crippen LogP contribution in [0.3, 0.4) is 0 Å². The molecule has 0 N–H and O–H groups in total. The summed E-state index contributed by atoms with van der Waals surface area (Å²) in [4.78, 5) is 12.0. The molecule has 2 atom stereocenters. The molecule has 6 heteroatoms. The molecule has 286 valence electrons. The number of fused-ring (bicyclic) bond motifs is 10. The first-order chi connectivity index (χ1) is 28.8. The Hall–Kier alpha value is -5.22.